The Morgan fingerprint density at radius 1 is 1.50 bits per heavy atom. The lowest BCUT2D eigenvalue weighted by Crippen LogP contribution is -2.13. The van der Waals surface area contributed by atoms with Gasteiger partial charge in [0.25, 0.3) is 0 Å². The molecule has 1 aromatic carbocycles. The van der Waals surface area contributed by atoms with Gasteiger partial charge in [0.2, 0.25) is 0 Å². The molecule has 0 spiro atoms. The average Bonchev–Trinajstić information content (AvgIpc) is 2.18. The van der Waals surface area contributed by atoms with Crippen LogP contribution < -0.4 is 5.32 Å². The molecule has 0 atom stereocenters. The van der Waals surface area contributed by atoms with Crippen molar-refractivity contribution in [3.8, 4) is 5.75 Å². The van der Waals surface area contributed by atoms with E-state index in [-0.39, 0.29) is 5.75 Å². The van der Waals surface area contributed by atoms with E-state index in [1.165, 1.54) is 12.1 Å². The quantitative estimate of drug-likeness (QED) is 0.557. The Balaban J connectivity index is 2.43. The fraction of sp³-hybridized carbons (Fsp3) is 0.273. The van der Waals surface area contributed by atoms with Crippen LogP contribution in [-0.4, -0.2) is 11.7 Å². The summed E-state index contributed by atoms with van der Waals surface area (Å²) in [6.07, 6.45) is 2.71. The van der Waals surface area contributed by atoms with E-state index in [1.54, 1.807) is 6.07 Å². The van der Waals surface area contributed by atoms with Crippen molar-refractivity contribution in [1.29, 1.82) is 0 Å². The Hall–Kier alpha value is -1.35. The summed E-state index contributed by atoms with van der Waals surface area (Å²) in [5, 5.41) is 12.1. The Morgan fingerprint density at radius 3 is 2.93 bits per heavy atom. The molecule has 1 rings (SSSR count). The molecule has 0 aliphatic carbocycles. The molecule has 0 saturated carbocycles. The Labute approximate surface area is 83.1 Å². The van der Waals surface area contributed by atoms with Gasteiger partial charge in [-0.3, -0.25) is 0 Å². The second-order valence-corrected chi connectivity index (χ2v) is 3.04. The molecule has 0 amide bonds. The van der Waals surface area contributed by atoms with Gasteiger partial charge in [-0.05, 0) is 30.7 Å². The zero-order valence-corrected chi connectivity index (χ0v) is 7.96. The summed E-state index contributed by atoms with van der Waals surface area (Å²) in [5.41, 5.74) is 0.823. The van der Waals surface area contributed by atoms with Gasteiger partial charge in [0, 0.05) is 6.54 Å². The van der Waals surface area contributed by atoms with Gasteiger partial charge in [0.15, 0.2) is 11.6 Å². The van der Waals surface area contributed by atoms with Gasteiger partial charge in [-0.2, -0.15) is 0 Å². The predicted octanol–water partition coefficient (Wildman–Crippen LogP) is 2.20. The summed E-state index contributed by atoms with van der Waals surface area (Å²) in [5.74, 6) is -0.882. The minimum absolute atomic E-state index is 0.306. The minimum Gasteiger partial charge on any atom is -0.505 e. The molecule has 0 saturated heterocycles. The summed E-state index contributed by atoms with van der Waals surface area (Å²) in [6.45, 7) is 5.03. The maximum absolute atomic E-state index is 12.9. The molecule has 3 heteroatoms. The molecular weight excluding hydrogens is 181 g/mol. The summed E-state index contributed by atoms with van der Waals surface area (Å²) in [4.78, 5) is 0. The number of hydrogen-bond acceptors (Lipinski definition) is 2. The fourth-order valence-electron chi connectivity index (χ4n) is 1.10. The molecule has 14 heavy (non-hydrogen) atoms. The van der Waals surface area contributed by atoms with E-state index in [9.17, 15) is 4.39 Å². The average molecular weight is 195 g/mol. The largest absolute Gasteiger partial charge is 0.505 e. The van der Waals surface area contributed by atoms with Gasteiger partial charge in [-0.15, -0.1) is 6.58 Å². The van der Waals surface area contributed by atoms with Crippen LogP contribution in [0.3, 0.4) is 0 Å². The fourth-order valence-corrected chi connectivity index (χ4v) is 1.10. The molecule has 0 aliphatic rings. The molecule has 0 fully saturated rings. The van der Waals surface area contributed by atoms with E-state index in [4.69, 9.17) is 5.11 Å². The van der Waals surface area contributed by atoms with E-state index in [0.717, 1.165) is 18.5 Å². The van der Waals surface area contributed by atoms with Gasteiger partial charge in [-0.1, -0.05) is 12.1 Å². The molecule has 1 aromatic rings. The molecule has 0 unspecified atom stereocenters. The van der Waals surface area contributed by atoms with Crippen molar-refractivity contribution < 1.29 is 9.50 Å². The van der Waals surface area contributed by atoms with Crippen molar-refractivity contribution in [2.24, 2.45) is 0 Å². The summed E-state index contributed by atoms with van der Waals surface area (Å²) >= 11 is 0. The van der Waals surface area contributed by atoms with Crippen LogP contribution in [0.2, 0.25) is 0 Å². The number of aromatic hydroxyl groups is 1. The van der Waals surface area contributed by atoms with Gasteiger partial charge in [0.05, 0.1) is 0 Å². The molecule has 0 heterocycles. The van der Waals surface area contributed by atoms with Gasteiger partial charge >= 0.3 is 0 Å². The molecule has 0 aliphatic heterocycles. The number of rotatable bonds is 5. The zero-order chi connectivity index (χ0) is 10.4. The molecular formula is C11H14FNO. The number of halogens is 1. The maximum atomic E-state index is 12.9. The van der Waals surface area contributed by atoms with E-state index in [1.807, 2.05) is 6.08 Å². The number of phenols is 1. The minimum atomic E-state index is -0.576. The van der Waals surface area contributed by atoms with E-state index in [2.05, 4.69) is 11.9 Å². The highest BCUT2D eigenvalue weighted by Gasteiger charge is 2.00. The first kappa shape index (κ1) is 10.7. The normalized spacial score (nSPS) is 10.1. The van der Waals surface area contributed by atoms with Crippen LogP contribution in [0.15, 0.2) is 30.9 Å². The van der Waals surface area contributed by atoms with E-state index in [0.29, 0.717) is 6.54 Å². The number of hydrogen-bond donors (Lipinski definition) is 2. The first-order valence-electron chi connectivity index (χ1n) is 4.53. The van der Waals surface area contributed by atoms with Crippen molar-refractivity contribution in [1.82, 2.24) is 5.32 Å². The van der Waals surface area contributed by atoms with Crippen molar-refractivity contribution in [2.75, 3.05) is 6.54 Å². The highest BCUT2D eigenvalue weighted by Crippen LogP contribution is 2.15. The van der Waals surface area contributed by atoms with Crippen LogP contribution >= 0.6 is 0 Å². The molecule has 2 nitrogen and oxygen atoms in total. The lowest BCUT2D eigenvalue weighted by atomic mass is 10.2. The van der Waals surface area contributed by atoms with Crippen molar-refractivity contribution in [2.45, 2.75) is 13.0 Å². The van der Waals surface area contributed by atoms with Crippen LogP contribution in [0.4, 0.5) is 4.39 Å². The van der Waals surface area contributed by atoms with Crippen LogP contribution in [0.5, 0.6) is 5.75 Å². The van der Waals surface area contributed by atoms with Crippen molar-refractivity contribution >= 4 is 0 Å². The third-order valence-corrected chi connectivity index (χ3v) is 1.87. The number of benzene rings is 1. The smallest absolute Gasteiger partial charge is 0.165 e. The zero-order valence-electron chi connectivity index (χ0n) is 7.96. The van der Waals surface area contributed by atoms with Crippen LogP contribution in [0, 0.1) is 5.82 Å². The molecule has 0 radical (unpaired) electrons. The van der Waals surface area contributed by atoms with Crippen LogP contribution in [-0.2, 0) is 6.54 Å². The number of phenolic OH excluding ortho intramolecular Hbond substituents is 1. The Morgan fingerprint density at radius 2 is 2.29 bits per heavy atom. The summed E-state index contributed by atoms with van der Waals surface area (Å²) in [7, 11) is 0. The Kier molecular flexibility index (Phi) is 4.13. The first-order chi connectivity index (χ1) is 6.74. The first-order valence-corrected chi connectivity index (χ1v) is 4.53. The summed E-state index contributed by atoms with van der Waals surface area (Å²) < 4.78 is 12.9. The highest BCUT2D eigenvalue weighted by molar-refractivity contribution is 5.27. The molecule has 0 bridgehead atoms. The van der Waals surface area contributed by atoms with E-state index < -0.39 is 5.82 Å². The van der Waals surface area contributed by atoms with Crippen molar-refractivity contribution in [3.05, 3.63) is 42.2 Å². The standard InChI is InChI=1S/C11H14FNO/c1-2-3-6-13-8-9-4-5-11(14)10(12)7-9/h2,4-5,7,13-14H,1,3,6,8H2. The van der Waals surface area contributed by atoms with Crippen LogP contribution in [0.25, 0.3) is 0 Å². The third-order valence-electron chi connectivity index (χ3n) is 1.87. The van der Waals surface area contributed by atoms with Gasteiger partial charge in [-0.25, -0.2) is 4.39 Å². The second kappa shape index (κ2) is 5.40. The Bertz CT molecular complexity index is 312. The SMILES string of the molecule is C=CCCNCc1ccc(O)c(F)c1. The third kappa shape index (κ3) is 3.18. The van der Waals surface area contributed by atoms with E-state index >= 15 is 0 Å². The summed E-state index contributed by atoms with van der Waals surface area (Å²) in [6, 6.07) is 4.38. The molecule has 76 valence electrons. The molecule has 0 aromatic heterocycles. The number of nitrogens with one attached hydrogen (secondary N) is 1. The van der Waals surface area contributed by atoms with Gasteiger partial charge < -0.3 is 10.4 Å². The highest BCUT2D eigenvalue weighted by atomic mass is 19.1. The molecule has 2 N–H and O–H groups in total. The van der Waals surface area contributed by atoms with Gasteiger partial charge in [0.1, 0.15) is 0 Å². The lowest BCUT2D eigenvalue weighted by molar-refractivity contribution is 0.431. The maximum Gasteiger partial charge on any atom is 0.165 e. The topological polar surface area (TPSA) is 32.3 Å². The predicted molar refractivity (Wildman–Crippen MR) is 54.6 cm³/mol. The lowest BCUT2D eigenvalue weighted by Gasteiger charge is -2.03. The second-order valence-electron chi connectivity index (χ2n) is 3.04. The monoisotopic (exact) mass is 195 g/mol. The van der Waals surface area contributed by atoms with Crippen molar-refractivity contribution in [3.63, 3.8) is 0 Å². The van der Waals surface area contributed by atoms with Crippen LogP contribution in [0.1, 0.15) is 12.0 Å².